The topological polar surface area (TPSA) is 66.0 Å². The lowest BCUT2D eigenvalue weighted by atomic mass is 10.1. The number of rotatable bonds is 3. The minimum atomic E-state index is 0.532. The van der Waals surface area contributed by atoms with E-state index in [0.717, 1.165) is 17.0 Å². The first-order chi connectivity index (χ1) is 9.79. The number of pyridine rings is 1. The molecule has 2 heterocycles. The monoisotopic (exact) mass is 266 g/mol. The average Bonchev–Trinajstić information content (AvgIpc) is 2.90. The molecule has 0 unspecified atom stereocenters. The van der Waals surface area contributed by atoms with Crippen molar-refractivity contribution in [2.75, 3.05) is 12.8 Å². The molecule has 0 atom stereocenters. The zero-order valence-corrected chi connectivity index (χ0v) is 11.0. The van der Waals surface area contributed by atoms with Gasteiger partial charge in [0.05, 0.1) is 12.8 Å². The number of para-hydroxylation sites is 1. The summed E-state index contributed by atoms with van der Waals surface area (Å²) in [6, 6.07) is 15.1. The van der Waals surface area contributed by atoms with Gasteiger partial charge in [0.1, 0.15) is 11.6 Å². The van der Waals surface area contributed by atoms with E-state index in [0.29, 0.717) is 11.6 Å². The zero-order valence-electron chi connectivity index (χ0n) is 11.0. The van der Waals surface area contributed by atoms with Gasteiger partial charge in [-0.15, -0.1) is 0 Å². The van der Waals surface area contributed by atoms with Gasteiger partial charge >= 0.3 is 0 Å². The van der Waals surface area contributed by atoms with Crippen molar-refractivity contribution in [3.8, 4) is 22.8 Å². The number of nitrogens with zero attached hydrogens (tertiary/aromatic N) is 3. The molecule has 0 radical (unpaired) electrons. The fourth-order valence-electron chi connectivity index (χ4n) is 2.05. The normalized spacial score (nSPS) is 10.4. The molecule has 100 valence electrons. The quantitative estimate of drug-likeness (QED) is 0.791. The highest BCUT2D eigenvalue weighted by Crippen LogP contribution is 2.30. The van der Waals surface area contributed by atoms with Crippen LogP contribution in [0.4, 0.5) is 5.82 Å². The molecule has 0 aliphatic carbocycles. The van der Waals surface area contributed by atoms with Crippen LogP contribution in [-0.2, 0) is 0 Å². The van der Waals surface area contributed by atoms with Crippen LogP contribution in [0.25, 0.3) is 17.1 Å². The molecule has 0 saturated heterocycles. The zero-order chi connectivity index (χ0) is 13.9. The number of anilines is 1. The summed E-state index contributed by atoms with van der Waals surface area (Å²) in [6.45, 7) is 0. The van der Waals surface area contributed by atoms with Gasteiger partial charge in [-0.25, -0.2) is 4.98 Å². The SMILES string of the molecule is COc1ccccc1-c1cc(N)n(-c2ccccn2)n1. The highest BCUT2D eigenvalue weighted by atomic mass is 16.5. The lowest BCUT2D eigenvalue weighted by Crippen LogP contribution is -2.03. The van der Waals surface area contributed by atoms with E-state index >= 15 is 0 Å². The van der Waals surface area contributed by atoms with Gasteiger partial charge in [-0.05, 0) is 24.3 Å². The van der Waals surface area contributed by atoms with Gasteiger partial charge in [0, 0.05) is 17.8 Å². The Labute approximate surface area is 116 Å². The summed E-state index contributed by atoms with van der Waals surface area (Å²) in [6.07, 6.45) is 1.71. The number of benzene rings is 1. The Morgan fingerprint density at radius 3 is 2.65 bits per heavy atom. The standard InChI is InChI=1S/C15H14N4O/c1-20-13-7-3-2-6-11(13)12-10-14(16)19(18-12)15-8-4-5-9-17-15/h2-10H,16H2,1H3. The summed E-state index contributed by atoms with van der Waals surface area (Å²) in [5, 5.41) is 4.51. The molecule has 0 saturated carbocycles. The fourth-order valence-corrected chi connectivity index (χ4v) is 2.05. The smallest absolute Gasteiger partial charge is 0.155 e. The first kappa shape index (κ1) is 12.2. The van der Waals surface area contributed by atoms with E-state index in [2.05, 4.69) is 10.1 Å². The largest absolute Gasteiger partial charge is 0.496 e. The highest BCUT2D eigenvalue weighted by Gasteiger charge is 2.12. The molecule has 1 aromatic carbocycles. The van der Waals surface area contributed by atoms with Gasteiger partial charge in [0.25, 0.3) is 0 Å². The molecule has 2 N–H and O–H groups in total. The van der Waals surface area contributed by atoms with Crippen molar-refractivity contribution >= 4 is 5.82 Å². The maximum absolute atomic E-state index is 6.02. The fraction of sp³-hybridized carbons (Fsp3) is 0.0667. The van der Waals surface area contributed by atoms with Gasteiger partial charge in [-0.3, -0.25) is 0 Å². The Morgan fingerprint density at radius 1 is 1.10 bits per heavy atom. The van der Waals surface area contributed by atoms with Crippen LogP contribution in [0, 0.1) is 0 Å². The predicted octanol–water partition coefficient (Wildman–Crippen LogP) is 2.53. The van der Waals surface area contributed by atoms with E-state index in [1.165, 1.54) is 0 Å². The number of methoxy groups -OCH3 is 1. The Bertz CT molecular complexity index is 722. The Balaban J connectivity index is 2.09. The van der Waals surface area contributed by atoms with Crippen LogP contribution >= 0.6 is 0 Å². The number of hydrogen-bond acceptors (Lipinski definition) is 4. The first-order valence-corrected chi connectivity index (χ1v) is 6.20. The van der Waals surface area contributed by atoms with Crippen LogP contribution < -0.4 is 10.5 Å². The third-order valence-electron chi connectivity index (χ3n) is 2.99. The summed E-state index contributed by atoms with van der Waals surface area (Å²) in [7, 11) is 1.64. The molecule has 0 amide bonds. The number of hydrogen-bond donors (Lipinski definition) is 1. The molecule has 0 spiro atoms. The minimum Gasteiger partial charge on any atom is -0.496 e. The van der Waals surface area contributed by atoms with Gasteiger partial charge < -0.3 is 10.5 Å². The van der Waals surface area contributed by atoms with Crippen LogP contribution in [-0.4, -0.2) is 21.9 Å². The van der Waals surface area contributed by atoms with Crippen LogP contribution in [0.15, 0.2) is 54.7 Å². The van der Waals surface area contributed by atoms with E-state index in [-0.39, 0.29) is 0 Å². The minimum absolute atomic E-state index is 0.532. The summed E-state index contributed by atoms with van der Waals surface area (Å²) < 4.78 is 6.96. The van der Waals surface area contributed by atoms with Crippen molar-refractivity contribution in [3.63, 3.8) is 0 Å². The molecule has 0 aliphatic heterocycles. The second-order valence-electron chi connectivity index (χ2n) is 4.25. The number of aromatic nitrogens is 3. The van der Waals surface area contributed by atoms with E-state index in [1.807, 2.05) is 48.5 Å². The van der Waals surface area contributed by atoms with E-state index in [9.17, 15) is 0 Å². The summed E-state index contributed by atoms with van der Waals surface area (Å²) in [5.41, 5.74) is 7.68. The van der Waals surface area contributed by atoms with Crippen molar-refractivity contribution in [1.82, 2.24) is 14.8 Å². The maximum Gasteiger partial charge on any atom is 0.155 e. The number of ether oxygens (including phenoxy) is 1. The molecule has 0 bridgehead atoms. The van der Waals surface area contributed by atoms with Crippen molar-refractivity contribution in [2.24, 2.45) is 0 Å². The predicted molar refractivity (Wildman–Crippen MR) is 77.8 cm³/mol. The average molecular weight is 266 g/mol. The van der Waals surface area contributed by atoms with Crippen molar-refractivity contribution in [3.05, 3.63) is 54.7 Å². The second-order valence-corrected chi connectivity index (χ2v) is 4.25. The van der Waals surface area contributed by atoms with Crippen molar-refractivity contribution < 1.29 is 4.74 Å². The molecule has 2 aromatic heterocycles. The third-order valence-corrected chi connectivity index (χ3v) is 2.99. The molecule has 3 aromatic rings. The molecule has 5 heteroatoms. The Morgan fingerprint density at radius 2 is 1.90 bits per heavy atom. The van der Waals surface area contributed by atoms with E-state index < -0.39 is 0 Å². The molecule has 5 nitrogen and oxygen atoms in total. The Kier molecular flexibility index (Phi) is 3.09. The summed E-state index contributed by atoms with van der Waals surface area (Å²) in [4.78, 5) is 4.25. The van der Waals surface area contributed by atoms with Crippen LogP contribution in [0.5, 0.6) is 5.75 Å². The lowest BCUT2D eigenvalue weighted by molar-refractivity contribution is 0.416. The van der Waals surface area contributed by atoms with E-state index in [4.69, 9.17) is 10.5 Å². The van der Waals surface area contributed by atoms with Crippen molar-refractivity contribution in [2.45, 2.75) is 0 Å². The molecule has 20 heavy (non-hydrogen) atoms. The molecule has 3 rings (SSSR count). The summed E-state index contributed by atoms with van der Waals surface area (Å²) >= 11 is 0. The number of nitrogen functional groups attached to an aromatic ring is 1. The number of nitrogens with two attached hydrogens (primary N) is 1. The van der Waals surface area contributed by atoms with Crippen LogP contribution in [0.1, 0.15) is 0 Å². The maximum atomic E-state index is 6.02. The van der Waals surface area contributed by atoms with E-state index in [1.54, 1.807) is 18.0 Å². The van der Waals surface area contributed by atoms with Crippen LogP contribution in [0.2, 0.25) is 0 Å². The van der Waals surface area contributed by atoms with Gasteiger partial charge in [0.2, 0.25) is 0 Å². The molecular weight excluding hydrogens is 252 g/mol. The highest BCUT2D eigenvalue weighted by molar-refractivity contribution is 5.69. The Hall–Kier alpha value is -2.82. The molecule has 0 fully saturated rings. The lowest BCUT2D eigenvalue weighted by Gasteiger charge is -2.05. The first-order valence-electron chi connectivity index (χ1n) is 6.20. The van der Waals surface area contributed by atoms with Gasteiger partial charge in [-0.2, -0.15) is 9.78 Å². The van der Waals surface area contributed by atoms with Gasteiger partial charge in [0.15, 0.2) is 5.82 Å². The molecular formula is C15H14N4O. The second kappa shape index (κ2) is 5.05. The summed E-state index contributed by atoms with van der Waals surface area (Å²) in [5.74, 6) is 1.98. The molecule has 0 aliphatic rings. The van der Waals surface area contributed by atoms with Crippen molar-refractivity contribution in [1.29, 1.82) is 0 Å². The van der Waals surface area contributed by atoms with Gasteiger partial charge in [-0.1, -0.05) is 18.2 Å². The van der Waals surface area contributed by atoms with Crippen LogP contribution in [0.3, 0.4) is 0 Å². The third kappa shape index (κ3) is 2.09.